The Kier molecular flexibility index (Phi) is 7.18. The molecule has 2 fully saturated rings. The minimum absolute atomic E-state index is 0.133. The lowest BCUT2D eigenvalue weighted by Gasteiger charge is -2.33. The number of carbonyl (C=O) groups is 2. The highest BCUT2D eigenvalue weighted by atomic mass is 79.9. The molecular weight excluding hydrogens is 426 g/mol. The average molecular weight is 454 g/mol. The van der Waals surface area contributed by atoms with Crippen LogP contribution in [0.15, 0.2) is 22.7 Å². The zero-order valence-electron chi connectivity index (χ0n) is 16.2. The summed E-state index contributed by atoms with van der Waals surface area (Å²) in [4.78, 5) is 29.2. The molecule has 0 bridgehead atoms. The predicted octanol–water partition coefficient (Wildman–Crippen LogP) is 2.37. The van der Waals surface area contributed by atoms with E-state index in [-0.39, 0.29) is 18.1 Å². The molecule has 2 amide bonds. The van der Waals surface area contributed by atoms with Crippen molar-refractivity contribution in [2.45, 2.75) is 32.3 Å². The summed E-state index contributed by atoms with van der Waals surface area (Å²) in [5.41, 5.74) is 0.818. The van der Waals surface area contributed by atoms with Gasteiger partial charge in [-0.15, -0.1) is 0 Å². The highest BCUT2D eigenvalue weighted by Crippen LogP contribution is 2.26. The first-order chi connectivity index (χ1) is 13.4. The zero-order chi connectivity index (χ0) is 20.1. The number of hydrogen-bond acceptors (Lipinski definition) is 5. The van der Waals surface area contributed by atoms with E-state index in [1.165, 1.54) is 0 Å². The Bertz CT molecular complexity index is 701. The Morgan fingerprint density at radius 2 is 1.89 bits per heavy atom. The number of amides is 2. The molecule has 0 radical (unpaired) electrons. The number of aromatic hydroxyl groups is 1. The normalized spacial score (nSPS) is 19.4. The number of rotatable bonds is 4. The van der Waals surface area contributed by atoms with Gasteiger partial charge in [0.1, 0.15) is 5.75 Å². The molecule has 7 nitrogen and oxygen atoms in total. The van der Waals surface area contributed by atoms with Gasteiger partial charge in [0.15, 0.2) is 6.10 Å². The van der Waals surface area contributed by atoms with Gasteiger partial charge < -0.3 is 25.0 Å². The van der Waals surface area contributed by atoms with Crippen LogP contribution in [0.25, 0.3) is 0 Å². The van der Waals surface area contributed by atoms with Gasteiger partial charge in [0.2, 0.25) is 0 Å². The molecule has 3 rings (SSSR count). The van der Waals surface area contributed by atoms with E-state index in [0.717, 1.165) is 31.5 Å². The van der Waals surface area contributed by atoms with Crippen molar-refractivity contribution in [3.05, 3.63) is 28.2 Å². The van der Waals surface area contributed by atoms with E-state index in [1.54, 1.807) is 28.0 Å². The molecule has 28 heavy (non-hydrogen) atoms. The van der Waals surface area contributed by atoms with Crippen LogP contribution in [0.1, 0.15) is 25.3 Å². The third-order valence-corrected chi connectivity index (χ3v) is 6.06. The number of likely N-dealkylation sites (tertiary alicyclic amines) is 1. The van der Waals surface area contributed by atoms with Gasteiger partial charge in [-0.2, -0.15) is 0 Å². The Morgan fingerprint density at radius 3 is 2.54 bits per heavy atom. The van der Waals surface area contributed by atoms with Crippen molar-refractivity contribution < 1.29 is 19.4 Å². The molecule has 0 aromatic heterocycles. The minimum atomic E-state index is -0.874. The van der Waals surface area contributed by atoms with Crippen LogP contribution in [-0.2, 0) is 16.0 Å². The third kappa shape index (κ3) is 5.38. The molecule has 0 unspecified atom stereocenters. The van der Waals surface area contributed by atoms with Crippen molar-refractivity contribution in [1.82, 2.24) is 15.1 Å². The molecule has 1 aromatic carbocycles. The number of ether oxygens (including phenoxy) is 1. The van der Waals surface area contributed by atoms with Gasteiger partial charge in [0.25, 0.3) is 5.91 Å². The summed E-state index contributed by atoms with van der Waals surface area (Å²) in [5.74, 6) is 0.578. The van der Waals surface area contributed by atoms with Gasteiger partial charge in [-0.3, -0.25) is 4.79 Å². The first-order valence-corrected chi connectivity index (χ1v) is 10.7. The van der Waals surface area contributed by atoms with Gasteiger partial charge in [0.05, 0.1) is 4.47 Å². The summed E-state index contributed by atoms with van der Waals surface area (Å²) in [6.45, 7) is 6.20. The zero-order valence-corrected chi connectivity index (χ0v) is 17.8. The number of phenolic OH excluding ortho intramolecular Hbond substituents is 1. The molecule has 154 valence electrons. The van der Waals surface area contributed by atoms with E-state index >= 15 is 0 Å². The lowest BCUT2D eigenvalue weighted by Crippen LogP contribution is -2.52. The molecule has 2 heterocycles. The Labute approximate surface area is 174 Å². The number of nitrogens with one attached hydrogen (secondary N) is 1. The van der Waals surface area contributed by atoms with Gasteiger partial charge in [-0.1, -0.05) is 13.0 Å². The topological polar surface area (TPSA) is 82.1 Å². The highest BCUT2D eigenvalue weighted by molar-refractivity contribution is 9.10. The molecule has 0 saturated carbocycles. The Balaban J connectivity index is 1.72. The fourth-order valence-electron chi connectivity index (χ4n) is 3.55. The summed E-state index contributed by atoms with van der Waals surface area (Å²) < 4.78 is 6.26. The molecular formula is C20H28BrN3O4. The van der Waals surface area contributed by atoms with Crippen LogP contribution in [0, 0.1) is 5.92 Å². The molecule has 2 N–H and O–H groups in total. The van der Waals surface area contributed by atoms with Gasteiger partial charge in [-0.05, 0) is 52.4 Å². The maximum absolute atomic E-state index is 13.1. The first kappa shape index (κ1) is 20.9. The summed E-state index contributed by atoms with van der Waals surface area (Å²) in [6.07, 6.45) is 0.893. The molecule has 2 saturated heterocycles. The van der Waals surface area contributed by atoms with Crippen LogP contribution in [0.4, 0.5) is 4.79 Å². The van der Waals surface area contributed by atoms with E-state index in [0.29, 0.717) is 36.6 Å². The number of halogens is 1. The molecule has 2 aliphatic heterocycles. The maximum atomic E-state index is 13.1. The minimum Gasteiger partial charge on any atom is -0.507 e. The van der Waals surface area contributed by atoms with Crippen LogP contribution >= 0.6 is 15.9 Å². The van der Waals surface area contributed by atoms with E-state index < -0.39 is 12.2 Å². The average Bonchev–Trinajstić information content (AvgIpc) is 2.70. The number of nitrogens with zero attached hydrogens (tertiary/aromatic N) is 2. The van der Waals surface area contributed by atoms with Crippen molar-refractivity contribution in [2.24, 2.45) is 5.92 Å². The van der Waals surface area contributed by atoms with Crippen LogP contribution in [0.5, 0.6) is 5.75 Å². The van der Waals surface area contributed by atoms with Crippen molar-refractivity contribution in [2.75, 3.05) is 39.3 Å². The van der Waals surface area contributed by atoms with E-state index in [9.17, 15) is 14.7 Å². The molecule has 0 spiro atoms. The fraction of sp³-hybridized carbons (Fsp3) is 0.600. The standard InChI is InChI=1S/C20H28BrN3O4/c1-14-4-8-24(9-5-14)20(27)28-18(19(26)23-10-6-22-7-11-23)13-15-2-3-17(25)16(21)12-15/h2-3,12,14,18,22,25H,4-11,13H2,1H3/t18-/m1/s1. The number of benzene rings is 1. The van der Waals surface area contributed by atoms with E-state index in [2.05, 4.69) is 28.2 Å². The van der Waals surface area contributed by atoms with E-state index in [4.69, 9.17) is 4.74 Å². The molecule has 1 aromatic rings. The van der Waals surface area contributed by atoms with Crippen LogP contribution in [-0.4, -0.2) is 72.3 Å². The first-order valence-electron chi connectivity index (χ1n) is 9.86. The Morgan fingerprint density at radius 1 is 1.21 bits per heavy atom. The fourth-order valence-corrected chi connectivity index (χ4v) is 3.97. The largest absolute Gasteiger partial charge is 0.507 e. The second-order valence-corrected chi connectivity index (χ2v) is 8.46. The summed E-state index contributed by atoms with van der Waals surface area (Å²) >= 11 is 3.30. The van der Waals surface area contributed by atoms with Crippen molar-refractivity contribution in [1.29, 1.82) is 0 Å². The SMILES string of the molecule is CC1CCN(C(=O)O[C@H](Cc2ccc(O)c(Br)c2)C(=O)N2CCNCC2)CC1. The Hall–Kier alpha value is -1.80. The molecule has 0 aliphatic carbocycles. The monoisotopic (exact) mass is 453 g/mol. The molecule has 2 aliphatic rings. The molecule has 8 heteroatoms. The lowest BCUT2D eigenvalue weighted by molar-refractivity contribution is -0.141. The quantitative estimate of drug-likeness (QED) is 0.730. The second-order valence-electron chi connectivity index (χ2n) is 7.61. The summed E-state index contributed by atoms with van der Waals surface area (Å²) in [5, 5.41) is 12.9. The van der Waals surface area contributed by atoms with Crippen LogP contribution in [0.2, 0.25) is 0 Å². The third-order valence-electron chi connectivity index (χ3n) is 5.42. The van der Waals surface area contributed by atoms with Crippen LogP contribution in [0.3, 0.4) is 0 Å². The van der Waals surface area contributed by atoms with Crippen molar-refractivity contribution in [3.63, 3.8) is 0 Å². The number of piperidine rings is 1. The lowest BCUT2D eigenvalue weighted by atomic mass is 10.00. The number of piperazine rings is 1. The van der Waals surface area contributed by atoms with Crippen molar-refractivity contribution in [3.8, 4) is 5.75 Å². The molecule has 1 atom stereocenters. The summed E-state index contributed by atoms with van der Waals surface area (Å²) in [7, 11) is 0. The summed E-state index contributed by atoms with van der Waals surface area (Å²) in [6, 6.07) is 5.07. The highest BCUT2D eigenvalue weighted by Gasteiger charge is 2.31. The number of hydrogen-bond donors (Lipinski definition) is 2. The van der Waals surface area contributed by atoms with Crippen LogP contribution < -0.4 is 5.32 Å². The second kappa shape index (κ2) is 9.60. The van der Waals surface area contributed by atoms with E-state index in [1.807, 2.05) is 0 Å². The smallest absolute Gasteiger partial charge is 0.410 e. The van der Waals surface area contributed by atoms with Gasteiger partial charge in [-0.25, -0.2) is 4.79 Å². The predicted molar refractivity (Wildman–Crippen MR) is 109 cm³/mol. The van der Waals surface area contributed by atoms with Gasteiger partial charge >= 0.3 is 6.09 Å². The van der Waals surface area contributed by atoms with Gasteiger partial charge in [0, 0.05) is 45.7 Å². The number of carbonyl (C=O) groups excluding carboxylic acids is 2. The number of phenols is 1. The van der Waals surface area contributed by atoms with Crippen molar-refractivity contribution >= 4 is 27.9 Å². The maximum Gasteiger partial charge on any atom is 0.410 e.